The Morgan fingerprint density at radius 2 is 1.71 bits per heavy atom. The number of imidazole rings is 1. The number of H-pyrrole nitrogens is 1. The highest BCUT2D eigenvalue weighted by molar-refractivity contribution is 7.80. The molecule has 0 amide bonds. The van der Waals surface area contributed by atoms with E-state index in [9.17, 15) is 0 Å². The van der Waals surface area contributed by atoms with E-state index in [2.05, 4.69) is 52.1 Å². The molecule has 0 atom stereocenters. The molecule has 0 unspecified atom stereocenters. The van der Waals surface area contributed by atoms with E-state index in [4.69, 9.17) is 0 Å². The number of nitrogens with one attached hydrogen (secondary N) is 1. The van der Waals surface area contributed by atoms with Crippen LogP contribution in [0.15, 0.2) is 66.0 Å². The number of pyridine rings is 1. The summed E-state index contributed by atoms with van der Waals surface area (Å²) in [6, 6.07) is 14.1. The van der Waals surface area contributed by atoms with Gasteiger partial charge < -0.3 is 4.40 Å². The van der Waals surface area contributed by atoms with Gasteiger partial charge in [0.05, 0.1) is 11.4 Å². The molecule has 1 N–H and O–H groups in total. The second kappa shape index (κ2) is 4.79. The Kier molecular flexibility index (Phi) is 2.79. The summed E-state index contributed by atoms with van der Waals surface area (Å²) in [4.78, 5) is 5.54. The summed E-state index contributed by atoms with van der Waals surface area (Å²) in [5.41, 5.74) is 5.07. The number of fused-ring (bicyclic) bond motifs is 1. The molecular formula is C16H12N4S. The van der Waals surface area contributed by atoms with Crippen molar-refractivity contribution < 1.29 is 0 Å². The van der Waals surface area contributed by atoms with Gasteiger partial charge in [-0.3, -0.25) is 5.10 Å². The number of hydrogen-bond acceptors (Lipinski definition) is 3. The normalized spacial score (nSPS) is 11.1. The van der Waals surface area contributed by atoms with E-state index in [0.717, 1.165) is 33.1 Å². The van der Waals surface area contributed by atoms with Crippen LogP contribution in [0.5, 0.6) is 0 Å². The molecular weight excluding hydrogens is 280 g/mol. The van der Waals surface area contributed by atoms with Crippen LogP contribution in [0.1, 0.15) is 0 Å². The van der Waals surface area contributed by atoms with Crippen molar-refractivity contribution in [2.75, 3.05) is 0 Å². The number of thiol groups is 1. The fraction of sp³-hybridized carbons (Fsp3) is 0. The van der Waals surface area contributed by atoms with Gasteiger partial charge in [-0.1, -0.05) is 24.3 Å². The van der Waals surface area contributed by atoms with E-state index < -0.39 is 0 Å². The molecule has 0 aliphatic heterocycles. The quantitative estimate of drug-likeness (QED) is 0.554. The summed E-state index contributed by atoms with van der Waals surface area (Å²) < 4.78 is 1.99. The van der Waals surface area contributed by atoms with Crippen molar-refractivity contribution in [3.05, 3.63) is 61.1 Å². The number of rotatable bonds is 2. The van der Waals surface area contributed by atoms with Crippen molar-refractivity contribution in [1.82, 2.24) is 19.6 Å². The highest BCUT2D eigenvalue weighted by Crippen LogP contribution is 2.23. The molecule has 0 spiro atoms. The zero-order valence-corrected chi connectivity index (χ0v) is 12.0. The number of benzene rings is 1. The Morgan fingerprint density at radius 3 is 2.48 bits per heavy atom. The lowest BCUT2D eigenvalue weighted by Crippen LogP contribution is -1.80. The maximum Gasteiger partial charge on any atom is 0.137 e. The predicted molar refractivity (Wildman–Crippen MR) is 85.5 cm³/mol. The molecule has 3 heterocycles. The van der Waals surface area contributed by atoms with Crippen molar-refractivity contribution in [3.63, 3.8) is 0 Å². The van der Waals surface area contributed by atoms with Gasteiger partial charge in [0, 0.05) is 29.0 Å². The average Bonchev–Trinajstić information content (AvgIpc) is 3.16. The van der Waals surface area contributed by atoms with Crippen molar-refractivity contribution in [2.24, 2.45) is 0 Å². The van der Waals surface area contributed by atoms with Crippen LogP contribution < -0.4 is 0 Å². The fourth-order valence-corrected chi connectivity index (χ4v) is 2.56. The van der Waals surface area contributed by atoms with E-state index in [0.29, 0.717) is 0 Å². The predicted octanol–water partition coefficient (Wildman–Crippen LogP) is 3.68. The summed E-state index contributed by atoms with van der Waals surface area (Å²) in [7, 11) is 0. The minimum Gasteiger partial charge on any atom is -0.305 e. The van der Waals surface area contributed by atoms with E-state index in [1.54, 1.807) is 6.20 Å². The van der Waals surface area contributed by atoms with E-state index in [-0.39, 0.29) is 0 Å². The smallest absolute Gasteiger partial charge is 0.137 e. The Hall–Kier alpha value is -2.53. The van der Waals surface area contributed by atoms with E-state index in [1.165, 1.54) is 0 Å². The summed E-state index contributed by atoms with van der Waals surface area (Å²) in [5.74, 6) is 0. The molecule has 0 fully saturated rings. The van der Waals surface area contributed by atoms with E-state index >= 15 is 0 Å². The molecule has 4 nitrogen and oxygen atoms in total. The minimum atomic E-state index is 0.917. The van der Waals surface area contributed by atoms with Crippen LogP contribution in [0.4, 0.5) is 0 Å². The topological polar surface area (TPSA) is 46.0 Å². The van der Waals surface area contributed by atoms with Gasteiger partial charge in [-0.2, -0.15) is 5.10 Å². The van der Waals surface area contributed by atoms with Gasteiger partial charge in [-0.05, 0) is 23.8 Å². The maximum atomic E-state index is 4.63. The zero-order chi connectivity index (χ0) is 14.2. The summed E-state index contributed by atoms with van der Waals surface area (Å²) >= 11 is 4.35. The lowest BCUT2D eigenvalue weighted by atomic mass is 10.1. The van der Waals surface area contributed by atoms with Crippen LogP contribution in [0.25, 0.3) is 28.2 Å². The first-order chi connectivity index (χ1) is 10.3. The second-order valence-corrected chi connectivity index (χ2v) is 5.34. The molecule has 4 rings (SSSR count). The number of aromatic nitrogens is 4. The van der Waals surface area contributed by atoms with Gasteiger partial charge in [0.25, 0.3) is 0 Å². The van der Waals surface area contributed by atoms with Crippen LogP contribution >= 0.6 is 12.6 Å². The van der Waals surface area contributed by atoms with Gasteiger partial charge in [0.15, 0.2) is 0 Å². The molecule has 0 aliphatic carbocycles. The number of aromatic amines is 1. The maximum absolute atomic E-state index is 4.63. The third-order valence-electron chi connectivity index (χ3n) is 3.43. The molecule has 21 heavy (non-hydrogen) atoms. The highest BCUT2D eigenvalue weighted by Gasteiger charge is 2.05. The van der Waals surface area contributed by atoms with Gasteiger partial charge >= 0.3 is 0 Å². The Labute approximate surface area is 126 Å². The van der Waals surface area contributed by atoms with Crippen LogP contribution in [0.2, 0.25) is 0 Å². The summed E-state index contributed by atoms with van der Waals surface area (Å²) in [6.45, 7) is 0. The fourth-order valence-electron chi connectivity index (χ4n) is 2.36. The van der Waals surface area contributed by atoms with Crippen LogP contribution in [-0.2, 0) is 0 Å². The number of hydrogen-bond donors (Lipinski definition) is 2. The Morgan fingerprint density at radius 1 is 0.905 bits per heavy atom. The Balaban J connectivity index is 1.74. The van der Waals surface area contributed by atoms with Crippen molar-refractivity contribution in [3.8, 4) is 22.5 Å². The molecule has 1 aromatic carbocycles. The molecule has 0 bridgehead atoms. The SMILES string of the molecule is Sc1ccc2nc(-c3ccc(-c4ccn[nH]4)cc3)cn2c1. The van der Waals surface area contributed by atoms with Crippen LogP contribution in [0, 0.1) is 0 Å². The number of nitrogens with zero attached hydrogens (tertiary/aromatic N) is 3. The van der Waals surface area contributed by atoms with Crippen molar-refractivity contribution in [2.45, 2.75) is 4.90 Å². The third-order valence-corrected chi connectivity index (χ3v) is 3.69. The van der Waals surface area contributed by atoms with E-state index in [1.807, 2.05) is 35.0 Å². The molecule has 0 radical (unpaired) electrons. The highest BCUT2D eigenvalue weighted by atomic mass is 32.1. The largest absolute Gasteiger partial charge is 0.305 e. The molecule has 0 saturated carbocycles. The Bertz CT molecular complexity index is 892. The standard InChI is InChI=1S/C16H12N4S/c21-13-5-6-16-18-15(10-20(16)9-13)12-3-1-11(2-4-12)14-7-8-17-19-14/h1-10,21H,(H,17,19). The van der Waals surface area contributed by atoms with Gasteiger partial charge in [0.1, 0.15) is 5.65 Å². The van der Waals surface area contributed by atoms with Crippen molar-refractivity contribution in [1.29, 1.82) is 0 Å². The van der Waals surface area contributed by atoms with Gasteiger partial charge in [-0.15, -0.1) is 12.6 Å². The van der Waals surface area contributed by atoms with Crippen LogP contribution in [0.3, 0.4) is 0 Å². The summed E-state index contributed by atoms with van der Waals surface area (Å²) in [5, 5.41) is 6.93. The van der Waals surface area contributed by atoms with Gasteiger partial charge in [0.2, 0.25) is 0 Å². The molecule has 102 valence electrons. The molecule has 0 aliphatic rings. The first-order valence-electron chi connectivity index (χ1n) is 6.57. The third kappa shape index (κ3) is 2.21. The lowest BCUT2D eigenvalue weighted by molar-refractivity contribution is 1.10. The first kappa shape index (κ1) is 12.2. The second-order valence-electron chi connectivity index (χ2n) is 4.83. The van der Waals surface area contributed by atoms with Gasteiger partial charge in [-0.25, -0.2) is 4.98 Å². The zero-order valence-electron chi connectivity index (χ0n) is 11.1. The lowest BCUT2D eigenvalue weighted by Gasteiger charge is -1.99. The molecule has 3 aromatic heterocycles. The van der Waals surface area contributed by atoms with Crippen molar-refractivity contribution >= 4 is 18.3 Å². The molecule has 0 saturated heterocycles. The average molecular weight is 292 g/mol. The molecule has 5 heteroatoms. The van der Waals surface area contributed by atoms with Crippen LogP contribution in [-0.4, -0.2) is 19.6 Å². The first-order valence-corrected chi connectivity index (χ1v) is 7.02. The monoisotopic (exact) mass is 292 g/mol. The summed E-state index contributed by atoms with van der Waals surface area (Å²) in [6.07, 6.45) is 5.72. The minimum absolute atomic E-state index is 0.917. The molecule has 4 aromatic rings.